The van der Waals surface area contributed by atoms with Gasteiger partial charge < -0.3 is 4.79 Å². The summed E-state index contributed by atoms with van der Waals surface area (Å²) in [5.41, 5.74) is 1.28. The van der Waals surface area contributed by atoms with Crippen molar-refractivity contribution in [2.24, 2.45) is 0 Å². The summed E-state index contributed by atoms with van der Waals surface area (Å²) in [6, 6.07) is 6.66. The molecule has 1 aromatic rings. The number of hydrogen-bond acceptors (Lipinski definition) is 3. The van der Waals surface area contributed by atoms with Gasteiger partial charge in [-0.1, -0.05) is 39.8 Å². The Bertz CT molecular complexity index is 318. The van der Waals surface area contributed by atoms with Crippen LogP contribution in [0.15, 0.2) is 24.3 Å². The lowest BCUT2D eigenvalue weighted by atomic mass is 10.0. The zero-order valence-corrected chi connectivity index (χ0v) is 11.1. The zero-order chi connectivity index (χ0) is 13.8. The molecule has 0 radical (unpaired) electrons. The summed E-state index contributed by atoms with van der Waals surface area (Å²) < 4.78 is 0. The molecule has 0 saturated carbocycles. The van der Waals surface area contributed by atoms with Gasteiger partial charge in [0.1, 0.15) is 6.29 Å². The van der Waals surface area contributed by atoms with Crippen molar-refractivity contribution in [2.75, 3.05) is 0 Å². The van der Waals surface area contributed by atoms with E-state index in [-0.39, 0.29) is 10.6 Å². The number of nitro benzene ring substituents is 1. The first-order valence-corrected chi connectivity index (χ1v) is 5.67. The molecule has 0 aliphatic heterocycles. The van der Waals surface area contributed by atoms with E-state index in [2.05, 4.69) is 13.8 Å². The third-order valence-electron chi connectivity index (χ3n) is 1.77. The highest BCUT2D eigenvalue weighted by molar-refractivity contribution is 5.44. The van der Waals surface area contributed by atoms with Crippen molar-refractivity contribution < 1.29 is 9.72 Å². The molecule has 0 fully saturated rings. The van der Waals surface area contributed by atoms with Crippen LogP contribution in [0.1, 0.15) is 46.1 Å². The lowest BCUT2D eigenvalue weighted by Crippen LogP contribution is -1.90. The fourth-order valence-electron chi connectivity index (χ4n) is 0.981. The second kappa shape index (κ2) is 10.8. The molecule has 0 aliphatic rings. The summed E-state index contributed by atoms with van der Waals surface area (Å²) in [6.45, 7) is 9.56. The molecule has 0 spiro atoms. The maximum atomic E-state index is 10.3. The highest BCUT2D eigenvalue weighted by Gasteiger charge is 2.04. The molecule has 0 atom stereocenters. The molecule has 4 nitrogen and oxygen atoms in total. The van der Waals surface area contributed by atoms with Gasteiger partial charge in [-0.3, -0.25) is 10.1 Å². The van der Waals surface area contributed by atoms with E-state index in [9.17, 15) is 10.1 Å². The molecule has 0 aliphatic carbocycles. The van der Waals surface area contributed by atoms with E-state index in [4.69, 9.17) is 4.79 Å². The molecule has 0 saturated heterocycles. The normalized spacial score (nSPS) is 8.35. The smallest absolute Gasteiger partial charge is 0.269 e. The van der Waals surface area contributed by atoms with Gasteiger partial charge in [0, 0.05) is 12.1 Å². The molecule has 0 amide bonds. The van der Waals surface area contributed by atoms with Crippen molar-refractivity contribution in [3.05, 3.63) is 39.9 Å². The van der Waals surface area contributed by atoms with E-state index in [0.717, 1.165) is 11.8 Å². The number of nitro groups is 1. The Hall–Kier alpha value is -1.71. The van der Waals surface area contributed by atoms with Crippen LogP contribution < -0.4 is 0 Å². The van der Waals surface area contributed by atoms with Gasteiger partial charge in [0.15, 0.2) is 0 Å². The molecule has 0 unspecified atom stereocenters. The Morgan fingerprint density at radius 3 is 1.76 bits per heavy atom. The van der Waals surface area contributed by atoms with E-state index in [1.165, 1.54) is 19.1 Å². The molecule has 1 rings (SSSR count). The largest absolute Gasteiger partial charge is 0.304 e. The molecular formula is C13H21NO3. The zero-order valence-electron chi connectivity index (χ0n) is 11.1. The summed E-state index contributed by atoms with van der Waals surface area (Å²) in [6.07, 6.45) is 0.750. The van der Waals surface area contributed by atoms with Gasteiger partial charge in [-0.2, -0.15) is 0 Å². The lowest BCUT2D eigenvalue weighted by molar-refractivity contribution is -0.384. The SMILES string of the molecule is CC.CC(C)c1ccc([N+](=O)[O-])cc1.CC=O. The fourth-order valence-corrected chi connectivity index (χ4v) is 0.981. The van der Waals surface area contributed by atoms with Crippen LogP contribution in [-0.4, -0.2) is 11.2 Å². The van der Waals surface area contributed by atoms with Crippen LogP contribution in [0.4, 0.5) is 5.69 Å². The monoisotopic (exact) mass is 239 g/mol. The minimum absolute atomic E-state index is 0.152. The molecule has 0 bridgehead atoms. The highest BCUT2D eigenvalue weighted by atomic mass is 16.6. The van der Waals surface area contributed by atoms with Gasteiger partial charge in [0.2, 0.25) is 0 Å². The Morgan fingerprint density at radius 2 is 1.53 bits per heavy atom. The number of carbonyl (C=O) groups excluding carboxylic acids is 1. The molecule has 4 heteroatoms. The van der Waals surface area contributed by atoms with Gasteiger partial charge in [0.25, 0.3) is 5.69 Å². The van der Waals surface area contributed by atoms with Crippen LogP contribution in [0.25, 0.3) is 0 Å². The van der Waals surface area contributed by atoms with E-state index in [0.29, 0.717) is 5.92 Å². The Balaban J connectivity index is 0. The maximum absolute atomic E-state index is 10.3. The standard InChI is InChI=1S/C9H11NO2.C2H4O.C2H6/c1-7(2)8-3-5-9(6-4-8)10(11)12;1-2-3;1-2/h3-7H,1-2H3;2H,1H3;1-2H3. The highest BCUT2D eigenvalue weighted by Crippen LogP contribution is 2.17. The van der Waals surface area contributed by atoms with Gasteiger partial charge in [0.05, 0.1) is 4.92 Å². The number of nitrogens with zero attached hydrogens (tertiary/aromatic N) is 1. The van der Waals surface area contributed by atoms with Gasteiger partial charge >= 0.3 is 0 Å². The van der Waals surface area contributed by atoms with Gasteiger partial charge in [-0.15, -0.1) is 0 Å². The van der Waals surface area contributed by atoms with Crippen LogP contribution in [0.2, 0.25) is 0 Å². The first-order chi connectivity index (χ1) is 8.02. The Labute approximate surface area is 103 Å². The molecular weight excluding hydrogens is 218 g/mol. The third kappa shape index (κ3) is 8.13. The molecule has 96 valence electrons. The number of hydrogen-bond donors (Lipinski definition) is 0. The van der Waals surface area contributed by atoms with Crippen molar-refractivity contribution in [1.82, 2.24) is 0 Å². The van der Waals surface area contributed by atoms with Crippen LogP contribution >= 0.6 is 0 Å². The average molecular weight is 239 g/mol. The lowest BCUT2D eigenvalue weighted by Gasteiger charge is -2.02. The molecule has 0 heterocycles. The third-order valence-corrected chi connectivity index (χ3v) is 1.77. The molecule has 17 heavy (non-hydrogen) atoms. The molecule has 1 aromatic carbocycles. The quantitative estimate of drug-likeness (QED) is 0.446. The first kappa shape index (κ1) is 17.7. The topological polar surface area (TPSA) is 60.2 Å². The first-order valence-electron chi connectivity index (χ1n) is 5.67. The van der Waals surface area contributed by atoms with E-state index in [1.807, 2.05) is 13.8 Å². The van der Waals surface area contributed by atoms with E-state index in [1.54, 1.807) is 12.1 Å². The van der Waals surface area contributed by atoms with Crippen molar-refractivity contribution in [2.45, 2.75) is 40.5 Å². The molecule has 0 N–H and O–H groups in total. The van der Waals surface area contributed by atoms with Crippen LogP contribution in [0, 0.1) is 10.1 Å². The van der Waals surface area contributed by atoms with Crippen molar-refractivity contribution >= 4 is 12.0 Å². The van der Waals surface area contributed by atoms with E-state index >= 15 is 0 Å². The summed E-state index contributed by atoms with van der Waals surface area (Å²) >= 11 is 0. The number of aldehydes is 1. The minimum Gasteiger partial charge on any atom is -0.304 e. The summed E-state index contributed by atoms with van der Waals surface area (Å²) in [4.78, 5) is 18.7. The van der Waals surface area contributed by atoms with Crippen molar-refractivity contribution in [3.63, 3.8) is 0 Å². The van der Waals surface area contributed by atoms with Gasteiger partial charge in [-0.05, 0) is 18.4 Å². The predicted molar refractivity (Wildman–Crippen MR) is 70.3 cm³/mol. The van der Waals surface area contributed by atoms with Crippen LogP contribution in [0.3, 0.4) is 0 Å². The number of benzene rings is 1. The number of rotatable bonds is 2. The maximum Gasteiger partial charge on any atom is 0.269 e. The summed E-state index contributed by atoms with van der Waals surface area (Å²) in [5, 5.41) is 10.3. The van der Waals surface area contributed by atoms with E-state index < -0.39 is 0 Å². The van der Waals surface area contributed by atoms with Crippen molar-refractivity contribution in [3.8, 4) is 0 Å². The van der Waals surface area contributed by atoms with Gasteiger partial charge in [-0.25, -0.2) is 0 Å². The minimum atomic E-state index is -0.385. The Kier molecular flexibility index (Phi) is 11.2. The number of carbonyl (C=O) groups is 1. The van der Waals surface area contributed by atoms with Crippen LogP contribution in [0.5, 0.6) is 0 Å². The summed E-state index contributed by atoms with van der Waals surface area (Å²) in [7, 11) is 0. The number of non-ortho nitro benzene ring substituents is 1. The average Bonchev–Trinajstić information content (AvgIpc) is 2.32. The fraction of sp³-hybridized carbons (Fsp3) is 0.462. The second-order valence-electron chi connectivity index (χ2n) is 3.24. The van der Waals surface area contributed by atoms with Crippen LogP contribution in [-0.2, 0) is 4.79 Å². The molecule has 0 aromatic heterocycles. The summed E-state index contributed by atoms with van der Waals surface area (Å²) in [5.74, 6) is 0.422. The second-order valence-corrected chi connectivity index (χ2v) is 3.24. The van der Waals surface area contributed by atoms with Crippen molar-refractivity contribution in [1.29, 1.82) is 0 Å². The predicted octanol–water partition coefficient (Wildman–Crippen LogP) is 3.95. The Morgan fingerprint density at radius 1 is 1.18 bits per heavy atom.